The lowest BCUT2D eigenvalue weighted by atomic mass is 10.0. The van der Waals surface area contributed by atoms with Gasteiger partial charge in [-0.25, -0.2) is 4.98 Å². The first-order valence-corrected chi connectivity index (χ1v) is 8.31. The molecule has 0 saturated carbocycles. The Morgan fingerprint density at radius 1 is 1.29 bits per heavy atom. The van der Waals surface area contributed by atoms with Crippen molar-refractivity contribution in [3.63, 3.8) is 0 Å². The average molecular weight is 322 g/mol. The van der Waals surface area contributed by atoms with Crippen LogP contribution < -0.4 is 11.1 Å². The van der Waals surface area contributed by atoms with Crippen LogP contribution in [0, 0.1) is 6.92 Å². The number of thioether (sulfide) groups is 1. The van der Waals surface area contributed by atoms with Crippen LogP contribution in [0.15, 0.2) is 41.4 Å². The number of aryl methyl sites for hydroxylation is 1. The molecule has 1 heterocycles. The summed E-state index contributed by atoms with van der Waals surface area (Å²) in [4.78, 5) is 5.42. The fourth-order valence-corrected chi connectivity index (χ4v) is 3.34. The van der Waals surface area contributed by atoms with Crippen molar-refractivity contribution in [2.75, 3.05) is 18.0 Å². The lowest BCUT2D eigenvalue weighted by Gasteiger charge is -2.21. The largest absolute Gasteiger partial charge is 0.383 e. The lowest BCUT2D eigenvalue weighted by molar-refractivity contribution is 0.603. The molecule has 21 heavy (non-hydrogen) atoms. The molecule has 1 aromatic carbocycles. The van der Waals surface area contributed by atoms with Crippen molar-refractivity contribution < 1.29 is 0 Å². The Morgan fingerprint density at radius 3 is 2.62 bits per heavy atom. The number of pyridine rings is 1. The third-order valence-electron chi connectivity index (χ3n) is 3.27. The highest BCUT2D eigenvalue weighted by atomic mass is 35.5. The summed E-state index contributed by atoms with van der Waals surface area (Å²) in [6.07, 6.45) is 1.75. The predicted octanol–water partition coefficient (Wildman–Crippen LogP) is 4.07. The summed E-state index contributed by atoms with van der Waals surface area (Å²) in [6, 6.07) is 10.1. The van der Waals surface area contributed by atoms with Gasteiger partial charge in [-0.05, 0) is 49.4 Å². The molecule has 1 atom stereocenters. The molecule has 0 amide bonds. The number of benzene rings is 1. The molecule has 3 nitrogen and oxygen atoms in total. The molecule has 5 heteroatoms. The summed E-state index contributed by atoms with van der Waals surface area (Å²) in [5, 5.41) is 4.25. The zero-order chi connectivity index (χ0) is 15.2. The van der Waals surface area contributed by atoms with Crippen LogP contribution in [0.2, 0.25) is 5.02 Å². The Balaban J connectivity index is 2.14. The first kappa shape index (κ1) is 16.1. The van der Waals surface area contributed by atoms with E-state index in [1.165, 1.54) is 10.5 Å². The molecule has 0 aliphatic rings. The second kappa shape index (κ2) is 7.69. The van der Waals surface area contributed by atoms with Crippen LogP contribution in [0.1, 0.15) is 24.1 Å². The molecular formula is C16H20ClN3S. The zero-order valence-corrected chi connectivity index (χ0v) is 13.8. The Labute approximate surface area is 135 Å². The molecule has 0 saturated heterocycles. The standard InChI is InChI=1S/C16H20ClN3S/c1-3-19-14(15-11(2)8-9-20-16(15)18)10-21-13-6-4-12(17)5-7-13/h4-9,14,19H,3,10H2,1-2H3,(H2,18,20). The first-order chi connectivity index (χ1) is 10.1. The quantitative estimate of drug-likeness (QED) is 0.787. The van der Waals surface area contributed by atoms with E-state index in [0.29, 0.717) is 5.82 Å². The lowest BCUT2D eigenvalue weighted by Crippen LogP contribution is -2.25. The second-order valence-corrected chi connectivity index (χ2v) is 6.33. The van der Waals surface area contributed by atoms with Gasteiger partial charge in [-0.1, -0.05) is 18.5 Å². The molecule has 2 rings (SSSR count). The van der Waals surface area contributed by atoms with Crippen molar-refractivity contribution in [3.05, 3.63) is 52.7 Å². The average Bonchev–Trinajstić information content (AvgIpc) is 2.46. The van der Waals surface area contributed by atoms with E-state index in [2.05, 4.69) is 24.1 Å². The topological polar surface area (TPSA) is 50.9 Å². The van der Waals surface area contributed by atoms with E-state index in [-0.39, 0.29) is 6.04 Å². The van der Waals surface area contributed by atoms with Crippen molar-refractivity contribution in [3.8, 4) is 0 Å². The SMILES string of the molecule is CCNC(CSc1ccc(Cl)cc1)c1c(C)ccnc1N. The van der Waals surface area contributed by atoms with Crippen LogP contribution in [0.25, 0.3) is 0 Å². The van der Waals surface area contributed by atoms with Gasteiger partial charge in [0.1, 0.15) is 5.82 Å². The summed E-state index contributed by atoms with van der Waals surface area (Å²) in [6.45, 7) is 5.06. The number of nitrogens with one attached hydrogen (secondary N) is 1. The zero-order valence-electron chi connectivity index (χ0n) is 12.3. The van der Waals surface area contributed by atoms with Gasteiger partial charge in [0.15, 0.2) is 0 Å². The van der Waals surface area contributed by atoms with Gasteiger partial charge in [0.25, 0.3) is 0 Å². The molecule has 0 aliphatic heterocycles. The molecular weight excluding hydrogens is 302 g/mol. The number of hydrogen-bond acceptors (Lipinski definition) is 4. The van der Waals surface area contributed by atoms with Crippen molar-refractivity contribution >= 4 is 29.2 Å². The van der Waals surface area contributed by atoms with E-state index in [9.17, 15) is 0 Å². The third-order valence-corrected chi connectivity index (χ3v) is 4.63. The number of hydrogen-bond donors (Lipinski definition) is 2. The summed E-state index contributed by atoms with van der Waals surface area (Å²) < 4.78 is 0. The minimum absolute atomic E-state index is 0.185. The van der Waals surface area contributed by atoms with E-state index in [0.717, 1.165) is 22.9 Å². The Kier molecular flexibility index (Phi) is 5.91. The highest BCUT2D eigenvalue weighted by Crippen LogP contribution is 2.29. The predicted molar refractivity (Wildman–Crippen MR) is 92.0 cm³/mol. The fourth-order valence-electron chi connectivity index (χ4n) is 2.25. The minimum atomic E-state index is 0.185. The molecule has 1 aromatic heterocycles. The summed E-state index contributed by atoms with van der Waals surface area (Å²) in [7, 11) is 0. The highest BCUT2D eigenvalue weighted by Gasteiger charge is 2.17. The number of halogens is 1. The van der Waals surface area contributed by atoms with Crippen molar-refractivity contribution in [2.45, 2.75) is 24.8 Å². The van der Waals surface area contributed by atoms with Gasteiger partial charge in [0.05, 0.1) is 0 Å². The fraction of sp³-hybridized carbons (Fsp3) is 0.312. The monoisotopic (exact) mass is 321 g/mol. The van der Waals surface area contributed by atoms with Gasteiger partial charge < -0.3 is 11.1 Å². The van der Waals surface area contributed by atoms with Crippen LogP contribution >= 0.6 is 23.4 Å². The van der Waals surface area contributed by atoms with Gasteiger partial charge in [0, 0.05) is 33.5 Å². The van der Waals surface area contributed by atoms with Crippen LogP contribution in [-0.4, -0.2) is 17.3 Å². The number of nitrogens with two attached hydrogens (primary N) is 1. The Hall–Kier alpha value is -1.23. The molecule has 3 N–H and O–H groups in total. The molecule has 0 spiro atoms. The summed E-state index contributed by atoms with van der Waals surface area (Å²) in [5.41, 5.74) is 8.33. The van der Waals surface area contributed by atoms with Crippen molar-refractivity contribution in [2.24, 2.45) is 0 Å². The van der Waals surface area contributed by atoms with Gasteiger partial charge >= 0.3 is 0 Å². The minimum Gasteiger partial charge on any atom is -0.383 e. The maximum absolute atomic E-state index is 6.06. The molecule has 0 fully saturated rings. The van der Waals surface area contributed by atoms with E-state index in [1.54, 1.807) is 18.0 Å². The normalized spacial score (nSPS) is 12.3. The van der Waals surface area contributed by atoms with Crippen LogP contribution in [0.5, 0.6) is 0 Å². The summed E-state index contributed by atoms with van der Waals surface area (Å²) >= 11 is 7.70. The smallest absolute Gasteiger partial charge is 0.128 e. The van der Waals surface area contributed by atoms with Crippen molar-refractivity contribution in [1.29, 1.82) is 0 Å². The number of nitrogen functional groups attached to an aromatic ring is 1. The molecule has 2 aromatic rings. The first-order valence-electron chi connectivity index (χ1n) is 6.94. The van der Waals surface area contributed by atoms with Gasteiger partial charge in [-0.2, -0.15) is 0 Å². The van der Waals surface area contributed by atoms with E-state index in [1.807, 2.05) is 30.3 Å². The maximum atomic E-state index is 6.06. The highest BCUT2D eigenvalue weighted by molar-refractivity contribution is 7.99. The van der Waals surface area contributed by atoms with E-state index < -0.39 is 0 Å². The Morgan fingerprint density at radius 2 is 2.00 bits per heavy atom. The Bertz CT molecular complexity index is 566. The van der Waals surface area contributed by atoms with E-state index in [4.69, 9.17) is 17.3 Å². The molecule has 0 aliphatic carbocycles. The number of anilines is 1. The maximum Gasteiger partial charge on any atom is 0.128 e. The molecule has 0 bridgehead atoms. The van der Waals surface area contributed by atoms with Gasteiger partial charge in [0.2, 0.25) is 0 Å². The summed E-state index contributed by atoms with van der Waals surface area (Å²) in [5.74, 6) is 1.50. The number of rotatable bonds is 6. The third kappa shape index (κ3) is 4.37. The van der Waals surface area contributed by atoms with E-state index >= 15 is 0 Å². The molecule has 112 valence electrons. The molecule has 1 unspecified atom stereocenters. The van der Waals surface area contributed by atoms with Crippen LogP contribution in [0.4, 0.5) is 5.82 Å². The van der Waals surface area contributed by atoms with Gasteiger partial charge in [-0.3, -0.25) is 0 Å². The van der Waals surface area contributed by atoms with Gasteiger partial charge in [-0.15, -0.1) is 11.8 Å². The van der Waals surface area contributed by atoms with Crippen LogP contribution in [0.3, 0.4) is 0 Å². The molecule has 0 radical (unpaired) electrons. The van der Waals surface area contributed by atoms with Crippen LogP contribution in [-0.2, 0) is 0 Å². The number of aromatic nitrogens is 1. The van der Waals surface area contributed by atoms with Crippen molar-refractivity contribution in [1.82, 2.24) is 10.3 Å². The second-order valence-electron chi connectivity index (χ2n) is 4.80. The number of nitrogens with zero attached hydrogens (tertiary/aromatic N) is 1.